The van der Waals surface area contributed by atoms with Crippen LogP contribution < -0.4 is 4.74 Å². The Hall–Kier alpha value is -1.71. The van der Waals surface area contributed by atoms with Gasteiger partial charge in [-0.25, -0.2) is 0 Å². The van der Waals surface area contributed by atoms with Crippen LogP contribution in [-0.4, -0.2) is 40.1 Å². The van der Waals surface area contributed by atoms with E-state index < -0.39 is 15.0 Å². The summed E-state index contributed by atoms with van der Waals surface area (Å²) in [7, 11) is -2.04. The van der Waals surface area contributed by atoms with Gasteiger partial charge in [-0.3, -0.25) is 14.3 Å². The molecule has 0 saturated heterocycles. The molecule has 0 atom stereocenters. The highest BCUT2D eigenvalue weighted by atomic mass is 32.2. The Morgan fingerprint density at radius 2 is 2.05 bits per heavy atom. The zero-order valence-electron chi connectivity index (χ0n) is 11.8. The molecule has 0 fully saturated rings. The molecule has 0 aliphatic heterocycles. The van der Waals surface area contributed by atoms with Gasteiger partial charge in [0, 0.05) is 13.2 Å². The lowest BCUT2D eigenvalue weighted by atomic mass is 10.1. The van der Waals surface area contributed by atoms with Gasteiger partial charge in [0.15, 0.2) is 12.5 Å². The zero-order chi connectivity index (χ0) is 15.9. The van der Waals surface area contributed by atoms with E-state index in [9.17, 15) is 18.5 Å². The Kier molecular flexibility index (Phi) is 6.53. The van der Waals surface area contributed by atoms with E-state index in [0.717, 1.165) is 6.26 Å². The molecule has 0 unspecified atom stereocenters. The number of nitrogens with zero attached hydrogens (tertiary/aromatic N) is 1. The molecular weight excluding hydrogens is 302 g/mol. The largest absolute Gasteiger partial charge is 0.460 e. The van der Waals surface area contributed by atoms with Gasteiger partial charge in [-0.1, -0.05) is 6.07 Å². The van der Waals surface area contributed by atoms with E-state index in [2.05, 4.69) is 4.18 Å². The highest BCUT2D eigenvalue weighted by molar-refractivity contribution is 7.85. The molecule has 0 aliphatic carbocycles. The molecule has 8 nitrogen and oxygen atoms in total. The van der Waals surface area contributed by atoms with Crippen molar-refractivity contribution in [1.82, 2.24) is 0 Å². The minimum Gasteiger partial charge on any atom is -0.460 e. The van der Waals surface area contributed by atoms with Crippen molar-refractivity contribution in [2.45, 2.75) is 12.8 Å². The summed E-state index contributed by atoms with van der Waals surface area (Å²) in [5.74, 6) is 0.123. The van der Waals surface area contributed by atoms with E-state index in [1.807, 2.05) is 0 Å². The van der Waals surface area contributed by atoms with Gasteiger partial charge in [-0.05, 0) is 24.5 Å². The van der Waals surface area contributed by atoms with Gasteiger partial charge in [-0.15, -0.1) is 0 Å². The molecule has 0 heterocycles. The predicted molar refractivity (Wildman–Crippen MR) is 74.7 cm³/mol. The Balaban J connectivity index is 2.67. The van der Waals surface area contributed by atoms with Crippen LogP contribution in [0.2, 0.25) is 0 Å². The van der Waals surface area contributed by atoms with Crippen LogP contribution in [-0.2, 0) is 25.5 Å². The van der Waals surface area contributed by atoms with E-state index in [1.54, 1.807) is 6.07 Å². The van der Waals surface area contributed by atoms with Crippen LogP contribution in [0, 0.1) is 10.1 Å². The average Bonchev–Trinajstić information content (AvgIpc) is 2.40. The summed E-state index contributed by atoms with van der Waals surface area (Å²) < 4.78 is 36.0. The second kappa shape index (κ2) is 7.91. The summed E-state index contributed by atoms with van der Waals surface area (Å²) in [6, 6.07) is 4.56. The molecule has 0 N–H and O–H groups in total. The molecular formula is C12H17NO7S. The predicted octanol–water partition coefficient (Wildman–Crippen LogP) is 1.49. The van der Waals surface area contributed by atoms with Crippen LogP contribution in [0.5, 0.6) is 5.75 Å². The maximum Gasteiger partial charge on any atom is 0.311 e. The SMILES string of the molecule is COCOc1ccc(CCCOS(C)(=O)=O)cc1[N+](=O)[O-]. The zero-order valence-corrected chi connectivity index (χ0v) is 12.6. The minimum atomic E-state index is -3.46. The maximum atomic E-state index is 11.0. The van der Waals surface area contributed by atoms with Crippen molar-refractivity contribution in [2.75, 3.05) is 26.8 Å². The van der Waals surface area contributed by atoms with Crippen molar-refractivity contribution in [3.05, 3.63) is 33.9 Å². The summed E-state index contributed by atoms with van der Waals surface area (Å²) in [5, 5.41) is 11.0. The van der Waals surface area contributed by atoms with Gasteiger partial charge < -0.3 is 9.47 Å². The molecule has 1 aromatic rings. The first kappa shape index (κ1) is 17.3. The van der Waals surface area contributed by atoms with Crippen molar-refractivity contribution in [3.8, 4) is 5.75 Å². The van der Waals surface area contributed by atoms with Crippen LogP contribution >= 0.6 is 0 Å². The minimum absolute atomic E-state index is 0.0363. The first-order valence-electron chi connectivity index (χ1n) is 6.07. The van der Waals surface area contributed by atoms with Gasteiger partial charge in [0.2, 0.25) is 0 Å². The third kappa shape index (κ3) is 6.52. The highest BCUT2D eigenvalue weighted by Gasteiger charge is 2.16. The first-order chi connectivity index (χ1) is 9.83. The summed E-state index contributed by atoms with van der Waals surface area (Å²) >= 11 is 0. The summed E-state index contributed by atoms with van der Waals surface area (Å²) in [6.07, 6.45) is 1.86. The molecule has 9 heteroatoms. The molecule has 0 saturated carbocycles. The standard InChI is InChI=1S/C12H17NO7S/c1-18-9-19-12-6-5-10(8-11(12)13(14)15)4-3-7-20-21(2,16)17/h5-6,8H,3-4,7,9H2,1-2H3. The van der Waals surface area contributed by atoms with Gasteiger partial charge in [0.05, 0.1) is 17.8 Å². The van der Waals surface area contributed by atoms with E-state index in [-0.39, 0.29) is 24.8 Å². The molecule has 0 radical (unpaired) electrons. The lowest BCUT2D eigenvalue weighted by Crippen LogP contribution is -2.05. The van der Waals surface area contributed by atoms with Crippen molar-refractivity contribution >= 4 is 15.8 Å². The molecule has 0 bridgehead atoms. The molecule has 0 aromatic heterocycles. The first-order valence-corrected chi connectivity index (χ1v) is 7.88. The fraction of sp³-hybridized carbons (Fsp3) is 0.500. The molecule has 0 aliphatic rings. The smallest absolute Gasteiger partial charge is 0.311 e. The van der Waals surface area contributed by atoms with E-state index >= 15 is 0 Å². The van der Waals surface area contributed by atoms with Gasteiger partial charge in [0.1, 0.15) is 0 Å². The molecule has 21 heavy (non-hydrogen) atoms. The Labute approximate surface area is 122 Å². The van der Waals surface area contributed by atoms with Crippen molar-refractivity contribution < 1.29 is 27.0 Å². The Bertz CT molecular complexity index is 585. The fourth-order valence-corrected chi connectivity index (χ4v) is 2.01. The van der Waals surface area contributed by atoms with Crippen molar-refractivity contribution in [1.29, 1.82) is 0 Å². The number of hydrogen-bond acceptors (Lipinski definition) is 7. The van der Waals surface area contributed by atoms with Gasteiger partial charge >= 0.3 is 5.69 Å². The highest BCUT2D eigenvalue weighted by Crippen LogP contribution is 2.28. The number of ether oxygens (including phenoxy) is 2. The molecule has 0 amide bonds. The number of benzene rings is 1. The van der Waals surface area contributed by atoms with Crippen LogP contribution in [0.4, 0.5) is 5.69 Å². The number of aryl methyl sites for hydroxylation is 1. The lowest BCUT2D eigenvalue weighted by Gasteiger charge is -2.07. The van der Waals surface area contributed by atoms with E-state index in [4.69, 9.17) is 9.47 Å². The van der Waals surface area contributed by atoms with Crippen LogP contribution in [0.1, 0.15) is 12.0 Å². The second-order valence-corrected chi connectivity index (χ2v) is 5.88. The topological polar surface area (TPSA) is 105 Å². The number of nitro benzene ring substituents is 1. The quantitative estimate of drug-likeness (QED) is 0.223. The van der Waals surface area contributed by atoms with Gasteiger partial charge in [-0.2, -0.15) is 8.42 Å². The van der Waals surface area contributed by atoms with Gasteiger partial charge in [0.25, 0.3) is 10.1 Å². The Morgan fingerprint density at radius 3 is 2.62 bits per heavy atom. The number of nitro groups is 1. The molecule has 1 rings (SSSR count). The fourth-order valence-electron chi connectivity index (χ4n) is 1.59. The lowest BCUT2D eigenvalue weighted by molar-refractivity contribution is -0.386. The Morgan fingerprint density at radius 1 is 1.33 bits per heavy atom. The normalized spacial score (nSPS) is 11.3. The number of rotatable bonds is 9. The van der Waals surface area contributed by atoms with Crippen molar-refractivity contribution in [3.63, 3.8) is 0 Å². The van der Waals surface area contributed by atoms with Crippen LogP contribution in [0.3, 0.4) is 0 Å². The van der Waals surface area contributed by atoms with Crippen LogP contribution in [0.25, 0.3) is 0 Å². The third-order valence-electron chi connectivity index (χ3n) is 2.46. The van der Waals surface area contributed by atoms with E-state index in [0.29, 0.717) is 18.4 Å². The molecule has 1 aromatic carbocycles. The monoisotopic (exact) mass is 319 g/mol. The average molecular weight is 319 g/mol. The van der Waals surface area contributed by atoms with Crippen LogP contribution in [0.15, 0.2) is 18.2 Å². The number of methoxy groups -OCH3 is 1. The summed E-state index contributed by atoms with van der Waals surface area (Å²) in [6.45, 7) is -0.0447. The molecule has 0 spiro atoms. The summed E-state index contributed by atoms with van der Waals surface area (Å²) in [5.41, 5.74) is 0.539. The molecule has 118 valence electrons. The second-order valence-electron chi connectivity index (χ2n) is 4.24. The summed E-state index contributed by atoms with van der Waals surface area (Å²) in [4.78, 5) is 10.4. The van der Waals surface area contributed by atoms with E-state index in [1.165, 1.54) is 19.2 Å². The van der Waals surface area contributed by atoms with Crippen molar-refractivity contribution in [2.24, 2.45) is 0 Å². The third-order valence-corrected chi connectivity index (χ3v) is 3.05. The number of hydrogen-bond donors (Lipinski definition) is 0. The maximum absolute atomic E-state index is 11.0.